The Bertz CT molecular complexity index is 489. The average Bonchev–Trinajstić information content (AvgIpc) is 2.65. The summed E-state index contributed by atoms with van der Waals surface area (Å²) in [6.45, 7) is 5.46. The first-order chi connectivity index (χ1) is 13.6. The van der Waals surface area contributed by atoms with Crippen molar-refractivity contribution in [1.29, 1.82) is 0 Å². The van der Waals surface area contributed by atoms with E-state index < -0.39 is 44.0 Å². The summed E-state index contributed by atoms with van der Waals surface area (Å²) in [7, 11) is -4.81. The van der Waals surface area contributed by atoms with Crippen LogP contribution < -0.4 is 0 Å². The Balaban J connectivity index is 5.72. The van der Waals surface area contributed by atoms with Gasteiger partial charge in [0.05, 0.1) is 0 Å². The third-order valence-corrected chi connectivity index (χ3v) is 5.59. The van der Waals surface area contributed by atoms with Crippen molar-refractivity contribution >= 4 is 25.7 Å². The molecule has 0 aliphatic carbocycles. The fourth-order valence-corrected chi connectivity index (χ4v) is 4.05. The van der Waals surface area contributed by atoms with Crippen LogP contribution in [0.25, 0.3) is 0 Å². The zero-order valence-corrected chi connectivity index (χ0v) is 18.1. The van der Waals surface area contributed by atoms with Gasteiger partial charge in [0.2, 0.25) is 0 Å². The lowest BCUT2D eigenvalue weighted by Crippen LogP contribution is -2.31. The molecule has 0 aromatic rings. The van der Waals surface area contributed by atoms with Crippen LogP contribution in [0, 0.1) is 0 Å². The maximum atomic E-state index is 13.2. The van der Waals surface area contributed by atoms with Crippen LogP contribution in [0.1, 0.15) is 78.6 Å². The molecule has 0 bridgehead atoms. The Labute approximate surface area is 171 Å². The van der Waals surface area contributed by atoms with E-state index in [1.165, 1.54) is 0 Å². The molecule has 0 heterocycles. The summed E-state index contributed by atoms with van der Waals surface area (Å²) in [5.74, 6) is -4.27. The Kier molecular flexibility index (Phi) is 13.8. The van der Waals surface area contributed by atoms with Crippen LogP contribution >= 0.6 is 7.82 Å². The first-order valence-corrected chi connectivity index (χ1v) is 11.4. The number of hydrogen-bond acceptors (Lipinski definition) is 7. The molecule has 0 radical (unpaired) electrons. The maximum Gasteiger partial charge on any atom is 0.477 e. The summed E-state index contributed by atoms with van der Waals surface area (Å²) in [5.41, 5.74) is 0. The predicted molar refractivity (Wildman–Crippen MR) is 104 cm³/mol. The van der Waals surface area contributed by atoms with Crippen molar-refractivity contribution in [3.05, 3.63) is 0 Å². The van der Waals surface area contributed by atoms with Crippen LogP contribution in [-0.2, 0) is 32.5 Å². The zero-order chi connectivity index (χ0) is 22.4. The molecule has 0 saturated carbocycles. The quantitative estimate of drug-likeness (QED) is 0.265. The highest BCUT2D eigenvalue weighted by molar-refractivity contribution is 7.48. The predicted octanol–water partition coefficient (Wildman–Crippen LogP) is 4.07. The molecule has 3 unspecified atom stereocenters. The van der Waals surface area contributed by atoms with Crippen molar-refractivity contribution in [2.75, 3.05) is 0 Å². The monoisotopic (exact) mass is 440 g/mol. The highest BCUT2D eigenvalue weighted by Crippen LogP contribution is 2.54. The smallest absolute Gasteiger partial charge is 0.477 e. The van der Waals surface area contributed by atoms with Crippen molar-refractivity contribution in [3.8, 4) is 0 Å². The molecule has 0 fully saturated rings. The van der Waals surface area contributed by atoms with Gasteiger partial charge in [-0.2, -0.15) is 0 Å². The first-order valence-electron chi connectivity index (χ1n) is 9.93. The van der Waals surface area contributed by atoms with Crippen molar-refractivity contribution in [2.45, 2.75) is 96.9 Å². The number of carboxylic acids is 3. The molecular formula is C18H33O10P. The van der Waals surface area contributed by atoms with E-state index in [2.05, 4.69) is 0 Å². The van der Waals surface area contributed by atoms with Gasteiger partial charge < -0.3 is 15.3 Å². The fraction of sp³-hybridized carbons (Fsp3) is 0.833. The molecule has 11 heteroatoms. The van der Waals surface area contributed by atoms with E-state index in [1.54, 1.807) is 0 Å². The summed E-state index contributed by atoms with van der Waals surface area (Å²) in [6.07, 6.45) is -1.55. The molecule has 0 aromatic carbocycles. The molecule has 10 nitrogen and oxygen atoms in total. The highest BCUT2D eigenvalue weighted by atomic mass is 31.2. The highest BCUT2D eigenvalue weighted by Gasteiger charge is 2.42. The standard InChI is InChI=1S/C18H33O10P/c1-4-7-10-13(16(19)20)26-29(25,27-14(17(21)22)11-8-5-2)28-15(18(23)24)12-9-6-3/h13-15H,4-12H2,1-3H3,(H,19,20)(H,21,22)(H,23,24). The van der Waals surface area contributed by atoms with Gasteiger partial charge in [-0.1, -0.05) is 59.3 Å². The minimum absolute atomic E-state index is 0.0120. The SMILES string of the molecule is CCCCC(OP(=O)(OC(CCCC)C(=O)O)OC(CCCC)C(=O)O)C(=O)O. The van der Waals surface area contributed by atoms with Crippen LogP contribution in [0.5, 0.6) is 0 Å². The van der Waals surface area contributed by atoms with Crippen LogP contribution in [0.15, 0.2) is 0 Å². The van der Waals surface area contributed by atoms with Gasteiger partial charge in [-0.3, -0.25) is 13.6 Å². The van der Waals surface area contributed by atoms with Crippen molar-refractivity contribution in [1.82, 2.24) is 0 Å². The lowest BCUT2D eigenvalue weighted by molar-refractivity contribution is -0.152. The largest absolute Gasteiger partial charge is 0.479 e. The topological polar surface area (TPSA) is 157 Å². The van der Waals surface area contributed by atoms with Gasteiger partial charge in [0.25, 0.3) is 0 Å². The van der Waals surface area contributed by atoms with E-state index in [-0.39, 0.29) is 19.3 Å². The van der Waals surface area contributed by atoms with Gasteiger partial charge in [-0.25, -0.2) is 18.9 Å². The van der Waals surface area contributed by atoms with E-state index in [4.69, 9.17) is 13.6 Å². The van der Waals surface area contributed by atoms with E-state index >= 15 is 0 Å². The molecule has 0 aliphatic heterocycles. The van der Waals surface area contributed by atoms with Crippen LogP contribution in [0.2, 0.25) is 0 Å². The molecule has 3 N–H and O–H groups in total. The van der Waals surface area contributed by atoms with Gasteiger partial charge in [0, 0.05) is 0 Å². The number of aliphatic carboxylic acids is 3. The van der Waals surface area contributed by atoms with Gasteiger partial charge in [0.1, 0.15) is 0 Å². The molecule has 170 valence electrons. The molecule has 29 heavy (non-hydrogen) atoms. The van der Waals surface area contributed by atoms with Crippen molar-refractivity contribution in [2.24, 2.45) is 0 Å². The van der Waals surface area contributed by atoms with E-state index in [0.717, 1.165) is 0 Å². The second-order valence-corrected chi connectivity index (χ2v) is 8.20. The third-order valence-electron chi connectivity index (χ3n) is 4.05. The number of phosphoric ester groups is 1. The van der Waals surface area contributed by atoms with Crippen LogP contribution in [0.3, 0.4) is 0 Å². The number of rotatable bonds is 18. The number of carbonyl (C=O) groups is 3. The first kappa shape index (κ1) is 27.5. The summed E-state index contributed by atoms with van der Waals surface area (Å²) in [4.78, 5) is 34.4. The molecule has 0 saturated heterocycles. The third kappa shape index (κ3) is 11.3. The molecule has 0 aromatic heterocycles. The molecule has 3 atom stereocenters. The Morgan fingerprint density at radius 1 is 0.655 bits per heavy atom. The van der Waals surface area contributed by atoms with E-state index in [0.29, 0.717) is 38.5 Å². The Morgan fingerprint density at radius 3 is 1.07 bits per heavy atom. The molecule has 0 rings (SSSR count). The van der Waals surface area contributed by atoms with Gasteiger partial charge in [0.15, 0.2) is 18.3 Å². The number of phosphoric acid groups is 1. The number of unbranched alkanes of at least 4 members (excludes halogenated alkanes) is 3. The molecule has 0 amide bonds. The summed E-state index contributed by atoms with van der Waals surface area (Å²) in [6, 6.07) is 0. The normalized spacial score (nSPS) is 16.5. The van der Waals surface area contributed by atoms with Crippen molar-refractivity contribution in [3.63, 3.8) is 0 Å². The molecule has 0 aliphatic rings. The van der Waals surface area contributed by atoms with Gasteiger partial charge in [-0.05, 0) is 19.3 Å². The van der Waals surface area contributed by atoms with Crippen LogP contribution in [0.4, 0.5) is 0 Å². The summed E-state index contributed by atoms with van der Waals surface area (Å²) < 4.78 is 28.5. The number of carboxylic acid groups (broad SMARTS) is 3. The van der Waals surface area contributed by atoms with Gasteiger partial charge >= 0.3 is 25.7 Å². The zero-order valence-electron chi connectivity index (χ0n) is 17.2. The van der Waals surface area contributed by atoms with Crippen molar-refractivity contribution < 1.29 is 47.8 Å². The van der Waals surface area contributed by atoms with Crippen LogP contribution in [-0.4, -0.2) is 51.5 Å². The van der Waals surface area contributed by atoms with E-state index in [1.807, 2.05) is 20.8 Å². The maximum absolute atomic E-state index is 13.2. The summed E-state index contributed by atoms with van der Waals surface area (Å²) in [5, 5.41) is 28.0. The Hall–Kier alpha value is -1.48. The number of hydrogen-bond donors (Lipinski definition) is 3. The average molecular weight is 440 g/mol. The second kappa shape index (κ2) is 14.5. The minimum Gasteiger partial charge on any atom is -0.479 e. The fourth-order valence-electron chi connectivity index (χ4n) is 2.37. The molecule has 0 spiro atoms. The summed E-state index contributed by atoms with van der Waals surface area (Å²) >= 11 is 0. The second-order valence-electron chi connectivity index (χ2n) is 6.67. The lowest BCUT2D eigenvalue weighted by Gasteiger charge is -2.26. The lowest BCUT2D eigenvalue weighted by atomic mass is 10.2. The minimum atomic E-state index is -4.81. The van der Waals surface area contributed by atoms with Gasteiger partial charge in [-0.15, -0.1) is 0 Å². The molecular weight excluding hydrogens is 407 g/mol. The van der Waals surface area contributed by atoms with E-state index in [9.17, 15) is 34.3 Å². The Morgan fingerprint density at radius 2 is 0.897 bits per heavy atom.